The lowest BCUT2D eigenvalue weighted by atomic mass is 9.98. The number of fused-ring (bicyclic) bond motifs is 1. The standard InChI is InChI=1S/C17H16N4O2S/c22-16(23)12-5-9-21(10-6-12)17-20-14-2-1-13(19-15(14)24-17)11-3-7-18-8-4-11/h1-4,7-8,12H,5-6,9-10H2,(H,22,23). The van der Waals surface area contributed by atoms with E-state index in [4.69, 9.17) is 10.1 Å². The zero-order valence-corrected chi connectivity index (χ0v) is 13.7. The second-order valence-electron chi connectivity index (χ2n) is 5.85. The van der Waals surface area contributed by atoms with Gasteiger partial charge in [0.15, 0.2) is 5.13 Å². The van der Waals surface area contributed by atoms with Gasteiger partial charge in [0, 0.05) is 31.0 Å². The number of hydrogen-bond donors (Lipinski definition) is 1. The molecule has 1 N–H and O–H groups in total. The molecule has 0 saturated carbocycles. The normalized spacial score (nSPS) is 15.8. The Morgan fingerprint density at radius 1 is 1.12 bits per heavy atom. The van der Waals surface area contributed by atoms with Gasteiger partial charge in [-0.25, -0.2) is 9.97 Å². The summed E-state index contributed by atoms with van der Waals surface area (Å²) in [5, 5.41) is 10.0. The van der Waals surface area contributed by atoms with Crippen molar-refractivity contribution < 1.29 is 9.90 Å². The van der Waals surface area contributed by atoms with Gasteiger partial charge in [0.05, 0.1) is 11.6 Å². The van der Waals surface area contributed by atoms with Crippen LogP contribution in [0, 0.1) is 5.92 Å². The van der Waals surface area contributed by atoms with Gasteiger partial charge in [-0.05, 0) is 37.1 Å². The summed E-state index contributed by atoms with van der Waals surface area (Å²) in [5.41, 5.74) is 2.82. The lowest BCUT2D eigenvalue weighted by Gasteiger charge is -2.29. The molecule has 1 fully saturated rings. The van der Waals surface area contributed by atoms with E-state index in [-0.39, 0.29) is 5.92 Å². The molecule has 24 heavy (non-hydrogen) atoms. The van der Waals surface area contributed by atoms with Gasteiger partial charge in [-0.1, -0.05) is 11.3 Å². The van der Waals surface area contributed by atoms with E-state index in [9.17, 15) is 4.79 Å². The van der Waals surface area contributed by atoms with Crippen molar-refractivity contribution in [2.45, 2.75) is 12.8 Å². The van der Waals surface area contributed by atoms with Gasteiger partial charge in [0.2, 0.25) is 0 Å². The molecule has 0 amide bonds. The molecule has 0 aromatic carbocycles. The van der Waals surface area contributed by atoms with Crippen LogP contribution in [0.4, 0.5) is 5.13 Å². The molecular formula is C17H16N4O2S. The first kappa shape index (κ1) is 15.0. The molecule has 7 heteroatoms. The Labute approximate surface area is 142 Å². The van der Waals surface area contributed by atoms with Crippen LogP contribution in [0.5, 0.6) is 0 Å². The van der Waals surface area contributed by atoms with E-state index in [1.165, 1.54) is 0 Å². The fourth-order valence-corrected chi connectivity index (χ4v) is 3.93. The average Bonchev–Trinajstić information content (AvgIpc) is 3.06. The number of carbonyl (C=O) groups is 1. The van der Waals surface area contributed by atoms with Crippen molar-refractivity contribution >= 4 is 32.8 Å². The summed E-state index contributed by atoms with van der Waals surface area (Å²) >= 11 is 1.56. The first-order valence-electron chi connectivity index (χ1n) is 7.86. The van der Waals surface area contributed by atoms with Crippen LogP contribution in [0.3, 0.4) is 0 Å². The summed E-state index contributed by atoms with van der Waals surface area (Å²) in [6, 6.07) is 7.83. The fourth-order valence-electron chi connectivity index (χ4n) is 2.94. The Bertz CT molecular complexity index is 873. The summed E-state index contributed by atoms with van der Waals surface area (Å²) in [5.74, 6) is -0.922. The Morgan fingerprint density at radius 2 is 1.88 bits per heavy atom. The molecule has 122 valence electrons. The van der Waals surface area contributed by atoms with Crippen LogP contribution < -0.4 is 4.90 Å². The fraction of sp³-hybridized carbons (Fsp3) is 0.294. The minimum Gasteiger partial charge on any atom is -0.481 e. The zero-order valence-electron chi connectivity index (χ0n) is 12.9. The molecule has 0 unspecified atom stereocenters. The number of carboxylic acids is 1. The largest absolute Gasteiger partial charge is 0.481 e. The molecule has 4 heterocycles. The first-order chi connectivity index (χ1) is 11.7. The lowest BCUT2D eigenvalue weighted by molar-refractivity contribution is -0.142. The number of hydrogen-bond acceptors (Lipinski definition) is 6. The third kappa shape index (κ3) is 2.82. The number of thiazole rings is 1. The molecule has 0 radical (unpaired) electrons. The Kier molecular flexibility index (Phi) is 3.86. The van der Waals surface area contributed by atoms with Crippen LogP contribution in [0.2, 0.25) is 0 Å². The van der Waals surface area contributed by atoms with Crippen LogP contribution in [-0.2, 0) is 4.79 Å². The number of anilines is 1. The molecule has 1 aliphatic rings. The molecular weight excluding hydrogens is 324 g/mol. The molecule has 6 nitrogen and oxygen atoms in total. The minimum absolute atomic E-state index is 0.230. The minimum atomic E-state index is -0.692. The second kappa shape index (κ2) is 6.16. The van der Waals surface area contributed by atoms with Crippen LogP contribution in [-0.4, -0.2) is 39.1 Å². The van der Waals surface area contributed by atoms with E-state index in [1.807, 2.05) is 24.3 Å². The number of piperidine rings is 1. The van der Waals surface area contributed by atoms with E-state index in [1.54, 1.807) is 23.7 Å². The van der Waals surface area contributed by atoms with Gasteiger partial charge >= 0.3 is 5.97 Å². The van der Waals surface area contributed by atoms with Gasteiger partial charge < -0.3 is 10.0 Å². The predicted molar refractivity (Wildman–Crippen MR) is 93.2 cm³/mol. The molecule has 3 aromatic rings. The average molecular weight is 340 g/mol. The SMILES string of the molecule is O=C(O)C1CCN(c2nc3ccc(-c4ccncc4)nc3s2)CC1. The summed E-state index contributed by atoms with van der Waals surface area (Å²) in [7, 11) is 0. The van der Waals surface area contributed by atoms with Gasteiger partial charge in [-0.15, -0.1) is 0 Å². The van der Waals surface area contributed by atoms with Gasteiger partial charge in [0.1, 0.15) is 10.3 Å². The smallest absolute Gasteiger partial charge is 0.306 e. The molecule has 0 bridgehead atoms. The number of aromatic nitrogens is 3. The highest BCUT2D eigenvalue weighted by atomic mass is 32.1. The third-order valence-corrected chi connectivity index (χ3v) is 5.36. The molecule has 1 aliphatic heterocycles. The number of aliphatic carboxylic acids is 1. The zero-order chi connectivity index (χ0) is 16.5. The van der Waals surface area contributed by atoms with Crippen molar-refractivity contribution in [3.63, 3.8) is 0 Å². The number of nitrogens with zero attached hydrogens (tertiary/aromatic N) is 4. The quantitative estimate of drug-likeness (QED) is 0.789. The van der Waals surface area contributed by atoms with Crippen LogP contribution >= 0.6 is 11.3 Å². The molecule has 1 saturated heterocycles. The van der Waals surface area contributed by atoms with E-state index < -0.39 is 5.97 Å². The highest BCUT2D eigenvalue weighted by molar-refractivity contribution is 7.21. The maximum Gasteiger partial charge on any atom is 0.306 e. The van der Waals surface area contributed by atoms with Gasteiger partial charge in [-0.2, -0.15) is 0 Å². The van der Waals surface area contributed by atoms with Crippen LogP contribution in [0.1, 0.15) is 12.8 Å². The highest BCUT2D eigenvalue weighted by Gasteiger charge is 2.26. The van der Waals surface area contributed by atoms with E-state index in [2.05, 4.69) is 14.9 Å². The predicted octanol–water partition coefficient (Wildman–Crippen LogP) is 3.05. The van der Waals surface area contributed by atoms with Gasteiger partial charge in [-0.3, -0.25) is 9.78 Å². The van der Waals surface area contributed by atoms with Crippen LogP contribution in [0.15, 0.2) is 36.7 Å². The summed E-state index contributed by atoms with van der Waals surface area (Å²) in [6.07, 6.45) is 4.85. The van der Waals surface area contributed by atoms with Crippen molar-refractivity contribution in [1.82, 2.24) is 15.0 Å². The third-order valence-electron chi connectivity index (χ3n) is 4.34. The highest BCUT2D eigenvalue weighted by Crippen LogP contribution is 2.32. The maximum absolute atomic E-state index is 11.1. The Hall–Kier alpha value is -2.54. The van der Waals surface area contributed by atoms with E-state index in [0.717, 1.165) is 39.8 Å². The lowest BCUT2D eigenvalue weighted by Crippen LogP contribution is -2.36. The van der Waals surface area contributed by atoms with Gasteiger partial charge in [0.25, 0.3) is 0 Å². The number of pyridine rings is 2. The van der Waals surface area contributed by atoms with Crippen molar-refractivity contribution in [2.75, 3.05) is 18.0 Å². The molecule has 0 aliphatic carbocycles. The Balaban J connectivity index is 1.59. The summed E-state index contributed by atoms with van der Waals surface area (Å²) in [4.78, 5) is 27.5. The molecule has 4 rings (SSSR count). The van der Waals surface area contributed by atoms with E-state index in [0.29, 0.717) is 12.8 Å². The monoisotopic (exact) mass is 340 g/mol. The number of carboxylic acid groups (broad SMARTS) is 1. The molecule has 3 aromatic heterocycles. The van der Waals surface area contributed by atoms with Crippen molar-refractivity contribution in [2.24, 2.45) is 5.92 Å². The summed E-state index contributed by atoms with van der Waals surface area (Å²) < 4.78 is 0. The topological polar surface area (TPSA) is 79.2 Å². The van der Waals surface area contributed by atoms with Crippen molar-refractivity contribution in [1.29, 1.82) is 0 Å². The van der Waals surface area contributed by atoms with Crippen molar-refractivity contribution in [3.8, 4) is 11.3 Å². The second-order valence-corrected chi connectivity index (χ2v) is 6.81. The van der Waals surface area contributed by atoms with Crippen LogP contribution in [0.25, 0.3) is 21.6 Å². The Morgan fingerprint density at radius 3 is 2.58 bits per heavy atom. The number of rotatable bonds is 3. The van der Waals surface area contributed by atoms with Crippen molar-refractivity contribution in [3.05, 3.63) is 36.7 Å². The first-order valence-corrected chi connectivity index (χ1v) is 8.68. The molecule has 0 atom stereocenters. The maximum atomic E-state index is 11.1. The van der Waals surface area contributed by atoms with E-state index >= 15 is 0 Å². The summed E-state index contributed by atoms with van der Waals surface area (Å²) in [6.45, 7) is 1.46. The molecule has 0 spiro atoms.